The van der Waals surface area contributed by atoms with E-state index in [1.807, 2.05) is 0 Å². The molecule has 0 fully saturated rings. The zero-order valence-corrected chi connectivity index (χ0v) is 18.2. The standard InChI is InChI=1S/C17H24NOSi.2ClH.Ti/c1-17(2,3)18-13-8-5-7-12-11-14-16(15(12)13)20(14,4)10-6-9-19;;;/h5,7-8,11,18-19H,6,9-10H2,1-4H3;2*1H;/q-1;;;+3/p-2. The van der Waals surface area contributed by atoms with Crippen molar-refractivity contribution >= 4 is 34.9 Å². The van der Waals surface area contributed by atoms with Crippen LogP contribution in [0.5, 0.6) is 0 Å². The van der Waals surface area contributed by atoms with Crippen LogP contribution in [-0.4, -0.2) is 25.3 Å². The van der Waals surface area contributed by atoms with E-state index >= 15 is 0 Å². The third-order valence-electron chi connectivity index (χ3n) is 4.34. The van der Waals surface area contributed by atoms with Gasteiger partial charge in [0.1, 0.15) is 0 Å². The van der Waals surface area contributed by atoms with Gasteiger partial charge in [0.15, 0.2) is 0 Å². The van der Waals surface area contributed by atoms with Crippen LogP contribution < -0.4 is 40.5 Å². The molecule has 1 aliphatic rings. The Hall–Kier alpha value is 0.101. The quantitative estimate of drug-likeness (QED) is 0.412. The molecule has 23 heavy (non-hydrogen) atoms. The number of benzene rings is 1. The number of anilines is 1. The molecule has 0 aliphatic carbocycles. The summed E-state index contributed by atoms with van der Waals surface area (Å²) in [5.41, 5.74) is 1.35. The predicted octanol–water partition coefficient (Wildman–Crippen LogP) is -3.34. The van der Waals surface area contributed by atoms with E-state index in [0.29, 0.717) is 6.61 Å². The first kappa shape index (κ1) is 23.1. The minimum Gasteiger partial charge on any atom is -1.00 e. The minimum absolute atomic E-state index is 0. The number of aliphatic hydroxyl groups excluding tert-OH is 1. The van der Waals surface area contributed by atoms with Crippen molar-refractivity contribution in [1.29, 1.82) is 0 Å². The summed E-state index contributed by atoms with van der Waals surface area (Å²) in [4.78, 5) is 0. The SMILES string of the molecule is CC(C)(C)Nc1cccc2[cH-]c3c(c12)[Si]3(C)CCCO.[Cl-].[Cl-].[Ti+3]. The van der Waals surface area contributed by atoms with E-state index in [1.165, 1.54) is 22.5 Å². The van der Waals surface area contributed by atoms with Gasteiger partial charge in [0, 0.05) is 20.2 Å². The van der Waals surface area contributed by atoms with Crippen LogP contribution in [0.1, 0.15) is 27.2 Å². The summed E-state index contributed by atoms with van der Waals surface area (Å²) in [7, 11) is -1.35. The average Bonchev–Trinajstić information content (AvgIpc) is 2.74. The van der Waals surface area contributed by atoms with Crippen molar-refractivity contribution in [2.45, 2.75) is 45.3 Å². The van der Waals surface area contributed by atoms with E-state index in [-0.39, 0.29) is 52.1 Å². The second kappa shape index (κ2) is 7.99. The van der Waals surface area contributed by atoms with E-state index < -0.39 is 8.07 Å². The van der Waals surface area contributed by atoms with Crippen molar-refractivity contribution < 1.29 is 51.6 Å². The number of nitrogens with one attached hydrogen (secondary N) is 1. The first-order chi connectivity index (χ1) is 9.37. The van der Waals surface area contributed by atoms with Crippen molar-refractivity contribution in [2.75, 3.05) is 11.9 Å². The topological polar surface area (TPSA) is 32.3 Å². The zero-order valence-electron chi connectivity index (χ0n) is 14.1. The Bertz CT molecular complexity index is 668. The summed E-state index contributed by atoms with van der Waals surface area (Å²) >= 11 is 0. The molecule has 1 radical (unpaired) electrons. The second-order valence-electron chi connectivity index (χ2n) is 7.24. The first-order valence-corrected chi connectivity index (χ1v) is 10.2. The van der Waals surface area contributed by atoms with Gasteiger partial charge in [-0.25, -0.2) is 0 Å². The Balaban J connectivity index is 0.00000161. The van der Waals surface area contributed by atoms with Crippen molar-refractivity contribution in [2.24, 2.45) is 0 Å². The fourth-order valence-electron chi connectivity index (χ4n) is 3.41. The van der Waals surface area contributed by atoms with Gasteiger partial charge >= 0.3 is 21.7 Å². The van der Waals surface area contributed by atoms with Gasteiger partial charge in [-0.1, -0.05) is 18.7 Å². The van der Waals surface area contributed by atoms with Gasteiger partial charge in [0.2, 0.25) is 0 Å². The molecule has 0 spiro atoms. The fraction of sp³-hybridized carbons (Fsp3) is 0.471. The van der Waals surface area contributed by atoms with Gasteiger partial charge in [-0.15, -0.1) is 29.0 Å². The van der Waals surface area contributed by atoms with Gasteiger partial charge in [-0.3, -0.25) is 0 Å². The summed E-state index contributed by atoms with van der Waals surface area (Å²) < 4.78 is 0. The molecule has 2 aromatic rings. The van der Waals surface area contributed by atoms with Gasteiger partial charge in [-0.2, -0.15) is 10.4 Å². The molecule has 0 bridgehead atoms. The Kier molecular flexibility index (Phi) is 8.02. The van der Waals surface area contributed by atoms with Gasteiger partial charge in [0.05, 0.1) is 0 Å². The number of fused-ring (bicyclic) bond motifs is 3. The molecular weight excluding hydrogens is 381 g/mol. The molecule has 1 aliphatic heterocycles. The van der Waals surface area contributed by atoms with Gasteiger partial charge < -0.3 is 35.2 Å². The van der Waals surface area contributed by atoms with E-state index in [9.17, 15) is 0 Å². The molecule has 0 aromatic heterocycles. The third kappa shape index (κ3) is 4.20. The summed E-state index contributed by atoms with van der Waals surface area (Å²) in [5.74, 6) is 0. The van der Waals surface area contributed by atoms with Crippen LogP contribution >= 0.6 is 0 Å². The van der Waals surface area contributed by atoms with Crippen LogP contribution in [0.15, 0.2) is 24.3 Å². The normalized spacial score (nSPS) is 18.3. The molecule has 1 atom stereocenters. The van der Waals surface area contributed by atoms with E-state index in [4.69, 9.17) is 5.11 Å². The van der Waals surface area contributed by atoms with Gasteiger partial charge in [-0.05, 0) is 32.9 Å². The molecule has 2 nitrogen and oxygen atoms in total. The predicted molar refractivity (Wildman–Crippen MR) is 90.3 cm³/mol. The van der Waals surface area contributed by atoms with Crippen LogP contribution in [0.3, 0.4) is 0 Å². The molecule has 0 saturated carbocycles. The van der Waals surface area contributed by atoms with E-state index in [1.54, 1.807) is 10.4 Å². The monoisotopic (exact) mass is 404 g/mol. The van der Waals surface area contributed by atoms with Gasteiger partial charge in [0.25, 0.3) is 0 Å². The summed E-state index contributed by atoms with van der Waals surface area (Å²) in [5, 5.41) is 18.8. The van der Waals surface area contributed by atoms with Crippen molar-refractivity contribution in [3.63, 3.8) is 0 Å². The summed E-state index contributed by atoms with van der Waals surface area (Å²) in [6, 6.07) is 10.1. The van der Waals surface area contributed by atoms with Crippen molar-refractivity contribution in [3.05, 3.63) is 24.3 Å². The number of rotatable bonds is 4. The maximum absolute atomic E-state index is 9.10. The van der Waals surface area contributed by atoms with Crippen molar-refractivity contribution in [1.82, 2.24) is 0 Å². The Morgan fingerprint density at radius 1 is 1.22 bits per heavy atom. The maximum atomic E-state index is 9.10. The Morgan fingerprint density at radius 2 is 1.87 bits per heavy atom. The molecular formula is C17H24Cl2NOSiTi. The molecule has 6 heteroatoms. The maximum Gasteiger partial charge on any atom is 3.00 e. The van der Waals surface area contributed by atoms with E-state index in [2.05, 4.69) is 56.9 Å². The number of halogens is 2. The average molecular weight is 405 g/mol. The molecule has 3 rings (SSSR count). The number of hydrogen-bond acceptors (Lipinski definition) is 2. The fourth-order valence-corrected chi connectivity index (χ4v) is 7.81. The summed E-state index contributed by atoms with van der Waals surface area (Å²) in [6.45, 7) is 9.37. The minimum atomic E-state index is -1.35. The van der Waals surface area contributed by atoms with Crippen LogP contribution in [-0.2, 0) is 21.7 Å². The van der Waals surface area contributed by atoms with Crippen LogP contribution in [0.4, 0.5) is 5.69 Å². The molecule has 0 amide bonds. The largest absolute Gasteiger partial charge is 3.00 e. The smallest absolute Gasteiger partial charge is 1.00 e. The molecule has 2 aromatic carbocycles. The Labute approximate surface area is 167 Å². The third-order valence-corrected chi connectivity index (χ3v) is 8.65. The number of aliphatic hydroxyl groups is 1. The van der Waals surface area contributed by atoms with Crippen LogP contribution in [0, 0.1) is 0 Å². The van der Waals surface area contributed by atoms with Crippen LogP contribution in [0.2, 0.25) is 12.6 Å². The Morgan fingerprint density at radius 3 is 2.43 bits per heavy atom. The molecule has 1 unspecified atom stereocenters. The molecule has 2 N–H and O–H groups in total. The molecule has 1 heterocycles. The van der Waals surface area contributed by atoms with Crippen molar-refractivity contribution in [3.8, 4) is 0 Å². The zero-order chi connectivity index (χ0) is 14.5. The number of hydrogen-bond donors (Lipinski definition) is 2. The van der Waals surface area contributed by atoms with Crippen LogP contribution in [0.25, 0.3) is 10.8 Å². The first-order valence-electron chi connectivity index (χ1n) is 7.49. The molecule has 0 saturated heterocycles. The summed E-state index contributed by atoms with van der Waals surface area (Å²) in [6.07, 6.45) is 0.938. The second-order valence-corrected chi connectivity index (χ2v) is 11.4. The van der Waals surface area contributed by atoms with E-state index in [0.717, 1.165) is 6.42 Å². The molecule has 125 valence electrons.